The number of H-pyrrole nitrogens is 1. The van der Waals surface area contributed by atoms with Crippen molar-refractivity contribution in [3.63, 3.8) is 0 Å². The first kappa shape index (κ1) is 23.2. The van der Waals surface area contributed by atoms with Crippen LogP contribution in [0.2, 0.25) is 10.0 Å². The molecular formula is C26H17Cl2F2N7O. The minimum Gasteiger partial charge on any atom is -0.317 e. The zero-order chi connectivity index (χ0) is 26.3. The second-order valence-corrected chi connectivity index (χ2v) is 10.4. The molecule has 0 amide bonds. The molecule has 2 aliphatic rings. The standard InChI is InChI=1S/C26H17Cl2F2N7O/c1-11-2-4-14(22(29)21(11)28)23-25(30)33-26(32-23)24-17-9-16(17)19-6-12(7-20(38)37(19)24)15-8-13(27)3-5-18(15)36-10-31-34-35-36/h2-8,10,16-17,24H,9H2,1H3,(H,32,33). The highest BCUT2D eigenvalue weighted by Gasteiger charge is 2.54. The number of aromatic nitrogens is 7. The molecule has 1 N–H and O–H groups in total. The fourth-order valence-electron chi connectivity index (χ4n) is 5.49. The number of halogens is 4. The summed E-state index contributed by atoms with van der Waals surface area (Å²) in [6.07, 6.45) is 2.29. The van der Waals surface area contributed by atoms with Crippen molar-refractivity contribution in [1.29, 1.82) is 0 Å². The number of tetrazole rings is 1. The van der Waals surface area contributed by atoms with Crippen LogP contribution in [0, 0.1) is 24.6 Å². The summed E-state index contributed by atoms with van der Waals surface area (Å²) in [5.74, 6) is -1.06. The highest BCUT2D eigenvalue weighted by atomic mass is 35.5. The summed E-state index contributed by atoms with van der Waals surface area (Å²) in [6.45, 7) is 1.67. The number of fused-ring (bicyclic) bond motifs is 3. The second kappa shape index (κ2) is 8.31. The summed E-state index contributed by atoms with van der Waals surface area (Å²) in [4.78, 5) is 20.6. The van der Waals surface area contributed by atoms with E-state index in [1.54, 1.807) is 35.8 Å². The number of aromatic amines is 1. The molecule has 3 atom stereocenters. The van der Waals surface area contributed by atoms with Crippen molar-refractivity contribution in [1.82, 2.24) is 34.7 Å². The first-order chi connectivity index (χ1) is 18.3. The Morgan fingerprint density at radius 2 is 1.92 bits per heavy atom. The van der Waals surface area contributed by atoms with Gasteiger partial charge in [-0.1, -0.05) is 29.3 Å². The molecule has 190 valence electrons. The van der Waals surface area contributed by atoms with Gasteiger partial charge >= 0.3 is 0 Å². The number of pyridine rings is 1. The highest BCUT2D eigenvalue weighted by molar-refractivity contribution is 6.31. The van der Waals surface area contributed by atoms with Crippen LogP contribution in [0.1, 0.15) is 35.5 Å². The number of nitrogens with one attached hydrogen (secondary N) is 1. The molecule has 38 heavy (non-hydrogen) atoms. The zero-order valence-corrected chi connectivity index (χ0v) is 21.2. The third-order valence-electron chi connectivity index (χ3n) is 7.36. The fourth-order valence-corrected chi connectivity index (χ4v) is 5.82. The first-order valence-electron chi connectivity index (χ1n) is 11.8. The van der Waals surface area contributed by atoms with E-state index >= 15 is 4.39 Å². The predicted molar refractivity (Wildman–Crippen MR) is 137 cm³/mol. The lowest BCUT2D eigenvalue weighted by atomic mass is 10.0. The monoisotopic (exact) mass is 551 g/mol. The Kier molecular flexibility index (Phi) is 5.08. The molecule has 1 fully saturated rings. The van der Waals surface area contributed by atoms with E-state index < -0.39 is 17.8 Å². The van der Waals surface area contributed by atoms with Gasteiger partial charge in [-0.3, -0.25) is 4.79 Å². The molecule has 7 rings (SSSR count). The van der Waals surface area contributed by atoms with Gasteiger partial charge in [-0.25, -0.2) is 9.37 Å². The Bertz CT molecular complexity index is 1820. The average Bonchev–Trinajstić information content (AvgIpc) is 3.20. The lowest BCUT2D eigenvalue weighted by Crippen LogP contribution is -2.26. The van der Waals surface area contributed by atoms with Crippen molar-refractivity contribution in [2.75, 3.05) is 0 Å². The van der Waals surface area contributed by atoms with E-state index in [4.69, 9.17) is 23.2 Å². The Balaban J connectivity index is 1.33. The Morgan fingerprint density at radius 1 is 1.08 bits per heavy atom. The molecule has 5 aromatic rings. The van der Waals surface area contributed by atoms with Crippen LogP contribution in [0.25, 0.3) is 28.1 Å². The third-order valence-corrected chi connectivity index (χ3v) is 8.05. The van der Waals surface area contributed by atoms with E-state index in [2.05, 4.69) is 25.5 Å². The quantitative estimate of drug-likeness (QED) is 0.319. The van der Waals surface area contributed by atoms with Crippen LogP contribution < -0.4 is 5.56 Å². The molecule has 0 bridgehead atoms. The van der Waals surface area contributed by atoms with Crippen LogP contribution in [-0.2, 0) is 0 Å². The largest absolute Gasteiger partial charge is 0.317 e. The maximum atomic E-state index is 15.0. The van der Waals surface area contributed by atoms with Gasteiger partial charge in [0.15, 0.2) is 5.82 Å². The molecule has 2 aromatic carbocycles. The molecule has 12 heteroatoms. The van der Waals surface area contributed by atoms with Gasteiger partial charge in [0.1, 0.15) is 17.8 Å². The predicted octanol–water partition coefficient (Wildman–Crippen LogP) is 5.48. The van der Waals surface area contributed by atoms with Gasteiger partial charge in [-0.2, -0.15) is 9.07 Å². The molecule has 1 aliphatic heterocycles. The van der Waals surface area contributed by atoms with Crippen molar-refractivity contribution in [2.24, 2.45) is 5.92 Å². The van der Waals surface area contributed by atoms with Gasteiger partial charge in [0, 0.05) is 33.8 Å². The zero-order valence-electron chi connectivity index (χ0n) is 19.7. The number of imidazole rings is 1. The molecule has 3 unspecified atom stereocenters. The number of nitrogens with zero attached hydrogens (tertiary/aromatic N) is 6. The maximum absolute atomic E-state index is 15.0. The van der Waals surface area contributed by atoms with Gasteiger partial charge in [-0.05, 0) is 71.1 Å². The maximum Gasteiger partial charge on any atom is 0.252 e. The van der Waals surface area contributed by atoms with Gasteiger partial charge in [0.2, 0.25) is 5.95 Å². The van der Waals surface area contributed by atoms with Crippen LogP contribution in [0.3, 0.4) is 0 Å². The SMILES string of the molecule is Cc1ccc(-c2nc(C3C4CC4c4cc(-c5cc(Cl)ccc5-n5cnnn5)cc(=O)n43)[nH]c2F)c(F)c1Cl. The average molecular weight is 552 g/mol. The Hall–Kier alpha value is -3.89. The van der Waals surface area contributed by atoms with Crippen molar-refractivity contribution in [3.05, 3.63) is 98.0 Å². The van der Waals surface area contributed by atoms with Gasteiger partial charge in [0.25, 0.3) is 5.56 Å². The van der Waals surface area contributed by atoms with Crippen molar-refractivity contribution >= 4 is 23.2 Å². The first-order valence-corrected chi connectivity index (χ1v) is 12.6. The summed E-state index contributed by atoms with van der Waals surface area (Å²) in [5.41, 5.74) is 2.94. The molecule has 1 saturated carbocycles. The molecule has 0 saturated heterocycles. The topological polar surface area (TPSA) is 94.3 Å². The Labute approximate surface area is 223 Å². The lowest BCUT2D eigenvalue weighted by molar-refractivity contribution is 0.504. The van der Waals surface area contributed by atoms with E-state index in [9.17, 15) is 9.18 Å². The summed E-state index contributed by atoms with van der Waals surface area (Å²) in [6, 6.07) is 11.3. The summed E-state index contributed by atoms with van der Waals surface area (Å²) in [5, 5.41) is 11.8. The molecular weight excluding hydrogens is 535 g/mol. The molecule has 4 heterocycles. The smallest absolute Gasteiger partial charge is 0.252 e. The van der Waals surface area contributed by atoms with Crippen molar-refractivity contribution in [2.45, 2.75) is 25.3 Å². The van der Waals surface area contributed by atoms with Crippen LogP contribution >= 0.6 is 23.2 Å². The van der Waals surface area contributed by atoms with E-state index in [0.29, 0.717) is 27.4 Å². The molecule has 0 radical (unpaired) electrons. The van der Waals surface area contributed by atoms with Gasteiger partial charge < -0.3 is 9.55 Å². The molecule has 0 spiro atoms. The van der Waals surface area contributed by atoms with Crippen molar-refractivity contribution in [3.8, 4) is 28.1 Å². The fraction of sp³-hybridized carbons (Fsp3) is 0.192. The highest BCUT2D eigenvalue weighted by Crippen LogP contribution is 2.60. The summed E-state index contributed by atoms with van der Waals surface area (Å²) < 4.78 is 33.0. The third kappa shape index (κ3) is 3.44. The van der Waals surface area contributed by atoms with Gasteiger partial charge in [-0.15, -0.1) is 5.10 Å². The lowest BCUT2D eigenvalue weighted by Gasteiger charge is -2.17. The van der Waals surface area contributed by atoms with Crippen LogP contribution in [-0.4, -0.2) is 34.7 Å². The normalized spacial score (nSPS) is 19.4. The molecule has 3 aromatic heterocycles. The minimum absolute atomic E-state index is 0.0371. The molecule has 8 nitrogen and oxygen atoms in total. The Morgan fingerprint density at radius 3 is 2.71 bits per heavy atom. The van der Waals surface area contributed by atoms with Crippen LogP contribution in [0.15, 0.2) is 53.6 Å². The number of rotatable bonds is 4. The van der Waals surface area contributed by atoms with Crippen LogP contribution in [0.4, 0.5) is 8.78 Å². The number of benzene rings is 2. The van der Waals surface area contributed by atoms with E-state index in [-0.39, 0.29) is 39.5 Å². The van der Waals surface area contributed by atoms with Crippen LogP contribution in [0.5, 0.6) is 0 Å². The minimum atomic E-state index is -0.779. The number of hydrogen-bond donors (Lipinski definition) is 1. The number of aryl methyl sites for hydroxylation is 1. The van der Waals surface area contributed by atoms with E-state index in [1.165, 1.54) is 23.1 Å². The van der Waals surface area contributed by atoms with E-state index in [1.807, 2.05) is 6.07 Å². The van der Waals surface area contributed by atoms with Crippen molar-refractivity contribution < 1.29 is 8.78 Å². The number of hydrogen-bond acceptors (Lipinski definition) is 5. The summed E-state index contributed by atoms with van der Waals surface area (Å²) >= 11 is 12.3. The van der Waals surface area contributed by atoms with Gasteiger partial charge in [0.05, 0.1) is 16.8 Å². The second-order valence-electron chi connectivity index (χ2n) is 9.59. The molecule has 1 aliphatic carbocycles. The van der Waals surface area contributed by atoms with E-state index in [0.717, 1.165) is 12.1 Å². The summed E-state index contributed by atoms with van der Waals surface area (Å²) in [7, 11) is 0.